The highest BCUT2D eigenvalue weighted by atomic mass is 31.2. The zero-order valence-electron chi connectivity index (χ0n) is 22.1. The number of hydrogen-bond acceptors (Lipinski definition) is 3. The van der Waals surface area contributed by atoms with Crippen molar-refractivity contribution in [3.05, 3.63) is 133 Å². The number of rotatable bonds is 4. The van der Waals surface area contributed by atoms with E-state index in [1.165, 1.54) is 0 Å². The van der Waals surface area contributed by atoms with Gasteiger partial charge in [0, 0.05) is 22.3 Å². The van der Waals surface area contributed by atoms with Gasteiger partial charge >= 0.3 is 7.82 Å². The maximum atomic E-state index is 13.7. The molecular weight excluding hydrogens is 527 g/mol. The average molecular weight is 553 g/mol. The average Bonchev–Trinajstić information content (AvgIpc) is 3.13. The van der Waals surface area contributed by atoms with Gasteiger partial charge in [-0.25, -0.2) is 4.57 Å². The Morgan fingerprint density at radius 1 is 0.585 bits per heavy atom. The van der Waals surface area contributed by atoms with Crippen LogP contribution in [0.15, 0.2) is 122 Å². The summed E-state index contributed by atoms with van der Waals surface area (Å²) in [5.74, 6) is 0.618. The predicted molar refractivity (Wildman–Crippen MR) is 169 cm³/mol. The van der Waals surface area contributed by atoms with Gasteiger partial charge < -0.3 is 9.05 Å². The van der Waals surface area contributed by atoms with E-state index in [9.17, 15) is 9.46 Å². The zero-order chi connectivity index (χ0) is 28.1. The van der Waals surface area contributed by atoms with E-state index >= 15 is 0 Å². The number of hydrogen-bond donors (Lipinski definition) is 1. The van der Waals surface area contributed by atoms with Gasteiger partial charge in [-0.15, -0.1) is 0 Å². The Kier molecular flexibility index (Phi) is 5.90. The molecule has 0 radical (unpaired) electrons. The normalized spacial score (nSPS) is 13.4. The van der Waals surface area contributed by atoms with Crippen molar-refractivity contribution >= 4 is 41.5 Å². The van der Waals surface area contributed by atoms with Crippen molar-refractivity contribution in [1.29, 1.82) is 0 Å². The van der Waals surface area contributed by atoms with Crippen molar-refractivity contribution in [2.75, 3.05) is 0 Å². The summed E-state index contributed by atoms with van der Waals surface area (Å²) in [5, 5.41) is 3.74. The lowest BCUT2D eigenvalue weighted by atomic mass is 9.86. The third-order valence-corrected chi connectivity index (χ3v) is 8.41. The minimum atomic E-state index is -4.61. The Morgan fingerprint density at radius 2 is 0.976 bits per heavy atom. The molecule has 198 valence electrons. The van der Waals surface area contributed by atoms with Crippen LogP contribution in [0.25, 0.3) is 67.1 Å². The van der Waals surface area contributed by atoms with Crippen LogP contribution in [0.1, 0.15) is 11.1 Å². The number of phosphoric acid groups is 1. The van der Waals surface area contributed by atoms with Gasteiger partial charge in [-0.3, -0.25) is 4.89 Å². The fourth-order valence-electron chi connectivity index (χ4n) is 5.62. The first-order chi connectivity index (χ1) is 20.0. The van der Waals surface area contributed by atoms with Crippen LogP contribution in [0.2, 0.25) is 0 Å². The highest BCUT2D eigenvalue weighted by Crippen LogP contribution is 2.61. The minimum Gasteiger partial charge on any atom is -0.394 e. The lowest BCUT2D eigenvalue weighted by Crippen LogP contribution is -2.00. The Bertz CT molecular complexity index is 1910. The van der Waals surface area contributed by atoms with E-state index in [1.54, 1.807) is 12.2 Å². The van der Waals surface area contributed by atoms with Gasteiger partial charge in [-0.05, 0) is 55.9 Å². The summed E-state index contributed by atoms with van der Waals surface area (Å²) in [6.45, 7) is 7.71. The van der Waals surface area contributed by atoms with Gasteiger partial charge in [-0.1, -0.05) is 122 Å². The number of phosphoric ester groups is 1. The van der Waals surface area contributed by atoms with Crippen molar-refractivity contribution < 1.29 is 18.5 Å². The van der Waals surface area contributed by atoms with Gasteiger partial charge in [0.25, 0.3) is 0 Å². The number of benzene rings is 6. The van der Waals surface area contributed by atoms with Crippen LogP contribution < -0.4 is 9.05 Å². The molecule has 1 aliphatic rings. The van der Waals surface area contributed by atoms with E-state index in [1.807, 2.05) is 109 Å². The first kappa shape index (κ1) is 25.1. The first-order valence-electron chi connectivity index (χ1n) is 13.3. The molecular formula is C36H25O4P. The van der Waals surface area contributed by atoms with E-state index in [0.29, 0.717) is 33.8 Å². The molecule has 1 aliphatic heterocycles. The van der Waals surface area contributed by atoms with Crippen LogP contribution >= 0.6 is 7.82 Å². The summed E-state index contributed by atoms with van der Waals surface area (Å²) in [4.78, 5) is 11.2. The monoisotopic (exact) mass is 552 g/mol. The third-order valence-electron chi connectivity index (χ3n) is 7.58. The molecule has 7 rings (SSSR count). The van der Waals surface area contributed by atoms with Gasteiger partial charge in [-0.2, -0.15) is 0 Å². The molecule has 5 heteroatoms. The van der Waals surface area contributed by atoms with E-state index in [4.69, 9.17) is 9.05 Å². The number of fused-ring (bicyclic) bond motifs is 7. The zero-order valence-corrected chi connectivity index (χ0v) is 23.0. The smallest absolute Gasteiger partial charge is 0.394 e. The Balaban J connectivity index is 1.66. The summed E-state index contributed by atoms with van der Waals surface area (Å²) >= 11 is 0. The van der Waals surface area contributed by atoms with E-state index in [0.717, 1.165) is 43.8 Å². The predicted octanol–water partition coefficient (Wildman–Crippen LogP) is 10.2. The van der Waals surface area contributed by atoms with Gasteiger partial charge in [0.05, 0.1) is 0 Å². The van der Waals surface area contributed by atoms with Crippen molar-refractivity contribution in [2.24, 2.45) is 0 Å². The molecule has 0 aromatic heterocycles. The molecule has 6 aromatic carbocycles. The Morgan fingerprint density at radius 3 is 1.37 bits per heavy atom. The fourth-order valence-corrected chi connectivity index (χ4v) is 6.50. The largest absolute Gasteiger partial charge is 0.584 e. The van der Waals surface area contributed by atoms with Crippen molar-refractivity contribution in [1.82, 2.24) is 0 Å². The standard InChI is InChI=1S/C36H25O4P/c1-3-23-13-17-25(18-14-23)31-21-27-9-5-7-11-29(27)33-34-30-12-8-6-10-28(30)22-32(26-19-15-24(4-2)16-20-26)36(34)40-41(37,38)39-35(31)33/h3-22H,1-2H2,(H,37,38). The molecule has 0 amide bonds. The summed E-state index contributed by atoms with van der Waals surface area (Å²) in [6, 6.07) is 35.7. The van der Waals surface area contributed by atoms with Crippen LogP contribution in [0.4, 0.5) is 0 Å². The molecule has 41 heavy (non-hydrogen) atoms. The van der Waals surface area contributed by atoms with Crippen LogP contribution in [-0.4, -0.2) is 4.89 Å². The summed E-state index contributed by atoms with van der Waals surface area (Å²) < 4.78 is 25.7. The van der Waals surface area contributed by atoms with Crippen LogP contribution in [-0.2, 0) is 4.57 Å². The molecule has 0 atom stereocenters. The molecule has 6 aromatic rings. The van der Waals surface area contributed by atoms with Crippen LogP contribution in [0.3, 0.4) is 0 Å². The quantitative estimate of drug-likeness (QED) is 0.221. The Hall–Kier alpha value is -4.89. The summed E-state index contributed by atoms with van der Waals surface area (Å²) in [5.41, 5.74) is 6.47. The molecule has 1 heterocycles. The van der Waals surface area contributed by atoms with Crippen molar-refractivity contribution in [2.45, 2.75) is 0 Å². The molecule has 0 saturated heterocycles. The SMILES string of the molecule is C=Cc1ccc(-c2cc3ccccc3c3c2OP(=O)(O)Oc2c(-c4ccc(C=C)cc4)cc4ccccc4c2-3)cc1. The van der Waals surface area contributed by atoms with Crippen LogP contribution in [0.5, 0.6) is 11.5 Å². The molecule has 0 bridgehead atoms. The summed E-state index contributed by atoms with van der Waals surface area (Å²) in [6.07, 6.45) is 3.56. The molecule has 0 saturated carbocycles. The lowest BCUT2D eigenvalue weighted by Gasteiger charge is -2.18. The van der Waals surface area contributed by atoms with Crippen molar-refractivity contribution in [3.63, 3.8) is 0 Å². The van der Waals surface area contributed by atoms with E-state index in [2.05, 4.69) is 13.2 Å². The topological polar surface area (TPSA) is 55.8 Å². The molecule has 0 unspecified atom stereocenters. The molecule has 0 fully saturated rings. The highest BCUT2D eigenvalue weighted by molar-refractivity contribution is 7.48. The second kappa shape index (κ2) is 9.64. The maximum absolute atomic E-state index is 13.7. The fraction of sp³-hybridized carbons (Fsp3) is 0. The molecule has 1 N–H and O–H groups in total. The summed E-state index contributed by atoms with van der Waals surface area (Å²) in [7, 11) is -4.61. The lowest BCUT2D eigenvalue weighted by molar-refractivity contribution is 0.295. The van der Waals surface area contributed by atoms with Crippen LogP contribution in [0, 0.1) is 0 Å². The first-order valence-corrected chi connectivity index (χ1v) is 14.7. The second-order valence-electron chi connectivity index (χ2n) is 10.0. The highest BCUT2D eigenvalue weighted by Gasteiger charge is 2.37. The van der Waals surface area contributed by atoms with Crippen molar-refractivity contribution in [3.8, 4) is 44.9 Å². The third kappa shape index (κ3) is 4.25. The van der Waals surface area contributed by atoms with E-state index in [-0.39, 0.29) is 0 Å². The van der Waals surface area contributed by atoms with E-state index < -0.39 is 7.82 Å². The Labute approximate surface area is 238 Å². The maximum Gasteiger partial charge on any atom is 0.584 e. The van der Waals surface area contributed by atoms with Gasteiger partial charge in [0.1, 0.15) is 11.5 Å². The molecule has 0 spiro atoms. The van der Waals surface area contributed by atoms with Gasteiger partial charge in [0.15, 0.2) is 0 Å². The molecule has 0 aliphatic carbocycles. The van der Waals surface area contributed by atoms with Gasteiger partial charge in [0.2, 0.25) is 0 Å². The molecule has 4 nitrogen and oxygen atoms in total. The second-order valence-corrected chi connectivity index (χ2v) is 11.3. The minimum absolute atomic E-state index is 0.309.